The van der Waals surface area contributed by atoms with E-state index in [0.717, 1.165) is 0 Å². The zero-order chi connectivity index (χ0) is 11.3. The fourth-order valence-electron chi connectivity index (χ4n) is 1.22. The van der Waals surface area contributed by atoms with Gasteiger partial charge in [-0.2, -0.15) is 0 Å². The summed E-state index contributed by atoms with van der Waals surface area (Å²) in [4.78, 5) is 10.3. The molecule has 0 unspecified atom stereocenters. The molecule has 0 aliphatic carbocycles. The first-order chi connectivity index (χ1) is 7.11. The van der Waals surface area contributed by atoms with Crippen molar-refractivity contribution >= 4 is 5.69 Å². The zero-order valence-corrected chi connectivity index (χ0v) is 8.97. The van der Waals surface area contributed by atoms with Crippen LogP contribution in [0.5, 0.6) is 0 Å². The number of ether oxygens (including phenoxy) is 1. The number of para-hydroxylation sites is 1. The molecular formula is C11H15NO3. The van der Waals surface area contributed by atoms with Gasteiger partial charge in [-0.25, -0.2) is 0 Å². The number of rotatable bonds is 5. The van der Waals surface area contributed by atoms with Crippen LogP contribution in [0.1, 0.15) is 19.4 Å². The first kappa shape index (κ1) is 11.7. The van der Waals surface area contributed by atoms with Gasteiger partial charge in [-0.15, -0.1) is 0 Å². The maximum atomic E-state index is 10.7. The summed E-state index contributed by atoms with van der Waals surface area (Å²) in [5.74, 6) is 0.438. The van der Waals surface area contributed by atoms with Gasteiger partial charge in [0.15, 0.2) is 0 Å². The molecule has 0 N–H and O–H groups in total. The van der Waals surface area contributed by atoms with Crippen molar-refractivity contribution < 1.29 is 9.66 Å². The van der Waals surface area contributed by atoms with Gasteiger partial charge in [0.2, 0.25) is 0 Å². The van der Waals surface area contributed by atoms with Gasteiger partial charge >= 0.3 is 0 Å². The van der Waals surface area contributed by atoms with Crippen molar-refractivity contribution in [2.24, 2.45) is 5.92 Å². The van der Waals surface area contributed by atoms with Crippen LogP contribution in [0.3, 0.4) is 0 Å². The zero-order valence-electron chi connectivity index (χ0n) is 8.97. The minimum Gasteiger partial charge on any atom is -0.376 e. The summed E-state index contributed by atoms with van der Waals surface area (Å²) in [6.45, 7) is 5.00. The van der Waals surface area contributed by atoms with E-state index < -0.39 is 0 Å². The SMILES string of the molecule is CC(C)COCc1ccccc1[N+](=O)[O-]. The van der Waals surface area contributed by atoms with Gasteiger partial charge < -0.3 is 4.74 Å². The van der Waals surface area contributed by atoms with Gasteiger partial charge in [-0.05, 0) is 12.0 Å². The van der Waals surface area contributed by atoms with E-state index in [2.05, 4.69) is 0 Å². The molecule has 1 aromatic carbocycles. The van der Waals surface area contributed by atoms with Gasteiger partial charge in [0.25, 0.3) is 5.69 Å². The average molecular weight is 209 g/mol. The second kappa shape index (κ2) is 5.46. The smallest absolute Gasteiger partial charge is 0.274 e. The Morgan fingerprint density at radius 2 is 2.07 bits per heavy atom. The lowest BCUT2D eigenvalue weighted by Crippen LogP contribution is -2.03. The highest BCUT2D eigenvalue weighted by Crippen LogP contribution is 2.18. The molecule has 0 fully saturated rings. The molecule has 0 saturated heterocycles. The summed E-state index contributed by atoms with van der Waals surface area (Å²) in [5.41, 5.74) is 0.754. The van der Waals surface area contributed by atoms with Crippen LogP contribution < -0.4 is 0 Å². The Labute approximate surface area is 89.0 Å². The van der Waals surface area contributed by atoms with Crippen molar-refractivity contribution in [3.63, 3.8) is 0 Å². The lowest BCUT2D eigenvalue weighted by molar-refractivity contribution is -0.386. The van der Waals surface area contributed by atoms with E-state index in [4.69, 9.17) is 4.74 Å². The normalized spacial score (nSPS) is 10.6. The molecule has 0 radical (unpaired) electrons. The third kappa shape index (κ3) is 3.67. The predicted molar refractivity (Wildman–Crippen MR) is 57.6 cm³/mol. The Balaban J connectivity index is 2.63. The molecule has 15 heavy (non-hydrogen) atoms. The van der Waals surface area contributed by atoms with E-state index in [9.17, 15) is 10.1 Å². The minimum absolute atomic E-state index is 0.126. The van der Waals surface area contributed by atoms with Crippen LogP contribution in [0.2, 0.25) is 0 Å². The third-order valence-electron chi connectivity index (χ3n) is 1.90. The Morgan fingerprint density at radius 1 is 1.40 bits per heavy atom. The monoisotopic (exact) mass is 209 g/mol. The number of benzene rings is 1. The molecular weight excluding hydrogens is 194 g/mol. The van der Waals surface area contributed by atoms with E-state index in [1.54, 1.807) is 18.2 Å². The second-order valence-corrected chi connectivity index (χ2v) is 3.79. The van der Waals surface area contributed by atoms with Crippen molar-refractivity contribution in [3.05, 3.63) is 39.9 Å². The van der Waals surface area contributed by atoms with Crippen molar-refractivity contribution in [3.8, 4) is 0 Å². The highest BCUT2D eigenvalue weighted by Gasteiger charge is 2.11. The second-order valence-electron chi connectivity index (χ2n) is 3.79. The van der Waals surface area contributed by atoms with E-state index in [0.29, 0.717) is 24.7 Å². The molecule has 1 aromatic rings. The van der Waals surface area contributed by atoms with Gasteiger partial charge in [-0.1, -0.05) is 26.0 Å². The summed E-state index contributed by atoms with van der Waals surface area (Å²) < 4.78 is 5.37. The number of nitro groups is 1. The predicted octanol–water partition coefficient (Wildman–Crippen LogP) is 2.77. The Morgan fingerprint density at radius 3 is 2.67 bits per heavy atom. The standard InChI is InChI=1S/C11H15NO3/c1-9(2)7-15-8-10-5-3-4-6-11(10)12(13)14/h3-6,9H,7-8H2,1-2H3. The van der Waals surface area contributed by atoms with Crippen LogP contribution in [0, 0.1) is 16.0 Å². The quantitative estimate of drug-likeness (QED) is 0.553. The maximum Gasteiger partial charge on any atom is 0.274 e. The first-order valence-corrected chi connectivity index (χ1v) is 4.91. The molecule has 0 aliphatic rings. The molecule has 0 aliphatic heterocycles. The molecule has 0 saturated carbocycles. The maximum absolute atomic E-state index is 10.7. The van der Waals surface area contributed by atoms with Crippen LogP contribution >= 0.6 is 0 Å². The van der Waals surface area contributed by atoms with E-state index in [1.165, 1.54) is 6.07 Å². The van der Waals surface area contributed by atoms with Crippen LogP contribution in [0.15, 0.2) is 24.3 Å². The molecule has 0 bridgehead atoms. The summed E-state index contributed by atoms with van der Waals surface area (Å²) in [6, 6.07) is 6.65. The topological polar surface area (TPSA) is 52.4 Å². The lowest BCUT2D eigenvalue weighted by Gasteiger charge is -2.06. The third-order valence-corrected chi connectivity index (χ3v) is 1.90. The molecule has 1 rings (SSSR count). The highest BCUT2D eigenvalue weighted by molar-refractivity contribution is 5.39. The molecule has 4 heteroatoms. The van der Waals surface area contributed by atoms with E-state index >= 15 is 0 Å². The average Bonchev–Trinajstić information content (AvgIpc) is 2.17. The van der Waals surface area contributed by atoms with Gasteiger partial charge in [0.1, 0.15) is 0 Å². The molecule has 0 amide bonds. The molecule has 82 valence electrons. The summed E-state index contributed by atoms with van der Waals surface area (Å²) >= 11 is 0. The lowest BCUT2D eigenvalue weighted by atomic mass is 10.2. The van der Waals surface area contributed by atoms with Crippen molar-refractivity contribution in [1.82, 2.24) is 0 Å². The van der Waals surface area contributed by atoms with Gasteiger partial charge in [-0.3, -0.25) is 10.1 Å². The number of nitro benzene ring substituents is 1. The van der Waals surface area contributed by atoms with Crippen molar-refractivity contribution in [2.75, 3.05) is 6.61 Å². The Hall–Kier alpha value is -1.42. The highest BCUT2D eigenvalue weighted by atomic mass is 16.6. The van der Waals surface area contributed by atoms with Crippen LogP contribution in [0.4, 0.5) is 5.69 Å². The number of hydrogen-bond acceptors (Lipinski definition) is 3. The van der Waals surface area contributed by atoms with Gasteiger partial charge in [0, 0.05) is 12.7 Å². The van der Waals surface area contributed by atoms with Gasteiger partial charge in [0.05, 0.1) is 17.1 Å². The fraction of sp³-hybridized carbons (Fsp3) is 0.455. The molecule has 4 nitrogen and oxygen atoms in total. The van der Waals surface area contributed by atoms with E-state index in [-0.39, 0.29) is 10.6 Å². The molecule has 0 atom stereocenters. The van der Waals surface area contributed by atoms with Crippen LogP contribution in [0.25, 0.3) is 0 Å². The Kier molecular flexibility index (Phi) is 4.24. The van der Waals surface area contributed by atoms with Crippen molar-refractivity contribution in [1.29, 1.82) is 0 Å². The molecule has 0 spiro atoms. The van der Waals surface area contributed by atoms with E-state index in [1.807, 2.05) is 13.8 Å². The summed E-state index contributed by atoms with van der Waals surface area (Å²) in [5, 5.41) is 10.7. The summed E-state index contributed by atoms with van der Waals surface area (Å²) in [6.07, 6.45) is 0. The number of hydrogen-bond donors (Lipinski definition) is 0. The number of nitrogens with zero attached hydrogens (tertiary/aromatic N) is 1. The Bertz CT molecular complexity index is 336. The largest absolute Gasteiger partial charge is 0.376 e. The van der Waals surface area contributed by atoms with Crippen molar-refractivity contribution in [2.45, 2.75) is 20.5 Å². The summed E-state index contributed by atoms with van der Waals surface area (Å²) in [7, 11) is 0. The first-order valence-electron chi connectivity index (χ1n) is 4.91. The molecule has 0 aromatic heterocycles. The fourth-order valence-corrected chi connectivity index (χ4v) is 1.22. The molecule has 0 heterocycles. The van der Waals surface area contributed by atoms with Crippen LogP contribution in [-0.4, -0.2) is 11.5 Å². The van der Waals surface area contributed by atoms with Crippen LogP contribution in [-0.2, 0) is 11.3 Å². The minimum atomic E-state index is -0.381.